The van der Waals surface area contributed by atoms with E-state index in [9.17, 15) is 0 Å². The van der Waals surface area contributed by atoms with Crippen LogP contribution >= 0.6 is 0 Å². The minimum absolute atomic E-state index is 0.220. The van der Waals surface area contributed by atoms with E-state index in [1.165, 1.54) is 10.8 Å². The number of rotatable bonds is 2. The van der Waals surface area contributed by atoms with Gasteiger partial charge in [-0.3, -0.25) is 0 Å². The Labute approximate surface area is 169 Å². The molecule has 0 unspecified atom stereocenters. The molecule has 0 spiro atoms. The van der Waals surface area contributed by atoms with Crippen molar-refractivity contribution < 1.29 is 4.39 Å². The zero-order chi connectivity index (χ0) is 19.8. The molecule has 4 aromatic rings. The molecule has 1 aromatic heterocycles. The van der Waals surface area contributed by atoms with Crippen LogP contribution in [-0.4, -0.2) is 35.2 Å². The van der Waals surface area contributed by atoms with Crippen LogP contribution in [0.3, 0.4) is 0 Å². The number of hydrogen-bond acceptors (Lipinski definition) is 4. The average molecular weight is 384 g/mol. The van der Waals surface area contributed by atoms with E-state index in [0.717, 1.165) is 24.5 Å². The van der Waals surface area contributed by atoms with Crippen LogP contribution in [0.15, 0.2) is 72.9 Å². The molecule has 5 heteroatoms. The number of nitrogens with zero attached hydrogens (tertiary/aromatic N) is 4. The predicted octanol–water partition coefficient (Wildman–Crippen LogP) is 5.02. The lowest BCUT2D eigenvalue weighted by atomic mass is 10.0. The highest BCUT2D eigenvalue weighted by atomic mass is 19.1. The Balaban J connectivity index is 1.65. The molecule has 0 N–H and O–H groups in total. The molecule has 1 aliphatic rings. The zero-order valence-electron chi connectivity index (χ0n) is 16.2. The molecule has 5 rings (SSSR count). The molecule has 144 valence electrons. The lowest BCUT2D eigenvalue weighted by molar-refractivity contribution is 0.338. The van der Waals surface area contributed by atoms with Gasteiger partial charge in [0, 0.05) is 48.3 Å². The average Bonchev–Trinajstić information content (AvgIpc) is 2.93. The summed E-state index contributed by atoms with van der Waals surface area (Å²) in [6.07, 6.45) is 1.60. The van der Waals surface area contributed by atoms with Gasteiger partial charge in [0.05, 0.1) is 5.69 Å². The number of benzene rings is 3. The first kappa shape index (κ1) is 17.8. The van der Waals surface area contributed by atoms with Gasteiger partial charge in [0.15, 0.2) is 0 Å². The van der Waals surface area contributed by atoms with Crippen molar-refractivity contribution in [2.75, 3.05) is 25.0 Å². The van der Waals surface area contributed by atoms with Crippen LogP contribution in [0, 0.1) is 5.82 Å². The fourth-order valence-corrected chi connectivity index (χ4v) is 4.01. The van der Waals surface area contributed by atoms with E-state index in [-0.39, 0.29) is 5.82 Å². The van der Waals surface area contributed by atoms with Gasteiger partial charge in [-0.15, -0.1) is 0 Å². The molecule has 0 aliphatic carbocycles. The highest BCUT2D eigenvalue weighted by molar-refractivity contribution is 5.87. The minimum Gasteiger partial charge on any atom is -0.340 e. The molecule has 0 amide bonds. The fraction of sp³-hybridized carbons (Fsp3) is 0.167. The number of halogens is 1. The molecule has 0 atom stereocenters. The van der Waals surface area contributed by atoms with Crippen LogP contribution < -0.4 is 4.90 Å². The zero-order valence-corrected chi connectivity index (χ0v) is 16.2. The van der Waals surface area contributed by atoms with Crippen molar-refractivity contribution in [2.45, 2.75) is 6.54 Å². The second-order valence-electron chi connectivity index (χ2n) is 7.45. The molecule has 0 radical (unpaired) electrons. The Morgan fingerprint density at radius 1 is 0.897 bits per heavy atom. The van der Waals surface area contributed by atoms with Crippen molar-refractivity contribution >= 4 is 22.1 Å². The molecule has 0 saturated heterocycles. The quantitative estimate of drug-likeness (QED) is 0.486. The second-order valence-corrected chi connectivity index (χ2v) is 7.45. The van der Waals surface area contributed by atoms with Gasteiger partial charge in [-0.2, -0.15) is 10.2 Å². The Morgan fingerprint density at radius 2 is 1.76 bits per heavy atom. The summed E-state index contributed by atoms with van der Waals surface area (Å²) in [6.45, 7) is 2.20. The maximum absolute atomic E-state index is 15.6. The summed E-state index contributed by atoms with van der Waals surface area (Å²) in [5.41, 5.74) is 3.73. The monoisotopic (exact) mass is 384 g/mol. The van der Waals surface area contributed by atoms with Crippen molar-refractivity contribution in [3.8, 4) is 11.3 Å². The molecular weight excluding hydrogens is 363 g/mol. The second kappa shape index (κ2) is 7.26. The highest BCUT2D eigenvalue weighted by Crippen LogP contribution is 2.37. The van der Waals surface area contributed by atoms with Gasteiger partial charge < -0.3 is 9.80 Å². The third kappa shape index (κ3) is 3.23. The van der Waals surface area contributed by atoms with Crippen molar-refractivity contribution in [2.24, 2.45) is 0 Å². The SMILES string of the molecule is CN1CCN(c2ccc3ccccc3c2)c2ccc(-c3cccnn3)c(F)c2C1. The predicted molar refractivity (Wildman–Crippen MR) is 115 cm³/mol. The van der Waals surface area contributed by atoms with Crippen LogP contribution in [0.2, 0.25) is 0 Å². The van der Waals surface area contributed by atoms with Crippen LogP contribution in [0.25, 0.3) is 22.0 Å². The Hall–Kier alpha value is -3.31. The van der Waals surface area contributed by atoms with Crippen molar-refractivity contribution in [1.82, 2.24) is 15.1 Å². The van der Waals surface area contributed by atoms with Crippen LogP contribution in [-0.2, 0) is 6.54 Å². The number of anilines is 2. The van der Waals surface area contributed by atoms with E-state index in [1.54, 1.807) is 18.3 Å². The van der Waals surface area contributed by atoms with Crippen LogP contribution in [0.5, 0.6) is 0 Å². The van der Waals surface area contributed by atoms with E-state index in [0.29, 0.717) is 23.4 Å². The third-order valence-corrected chi connectivity index (χ3v) is 5.54. The Kier molecular flexibility index (Phi) is 4.45. The molecule has 1 aliphatic heterocycles. The first-order chi connectivity index (χ1) is 14.2. The topological polar surface area (TPSA) is 32.3 Å². The summed E-state index contributed by atoms with van der Waals surface area (Å²) in [7, 11) is 2.03. The Morgan fingerprint density at radius 3 is 2.59 bits per heavy atom. The molecule has 0 fully saturated rings. The van der Waals surface area contributed by atoms with E-state index in [1.807, 2.05) is 31.3 Å². The van der Waals surface area contributed by atoms with Crippen LogP contribution in [0.1, 0.15) is 5.56 Å². The molecule has 0 bridgehead atoms. The molecule has 0 saturated carbocycles. The lowest BCUT2D eigenvalue weighted by Gasteiger charge is -2.26. The summed E-state index contributed by atoms with van der Waals surface area (Å²) < 4.78 is 15.6. The maximum atomic E-state index is 15.6. The molecule has 2 heterocycles. The smallest absolute Gasteiger partial charge is 0.139 e. The maximum Gasteiger partial charge on any atom is 0.139 e. The summed E-state index contributed by atoms with van der Waals surface area (Å²) in [5, 5.41) is 10.4. The molecule has 4 nitrogen and oxygen atoms in total. The van der Waals surface area contributed by atoms with Crippen molar-refractivity contribution in [3.63, 3.8) is 0 Å². The number of aromatic nitrogens is 2. The Bertz CT molecular complexity index is 1180. The van der Waals surface area contributed by atoms with Gasteiger partial charge in [-0.25, -0.2) is 4.39 Å². The van der Waals surface area contributed by atoms with E-state index >= 15 is 4.39 Å². The van der Waals surface area contributed by atoms with Gasteiger partial charge in [-0.1, -0.05) is 30.3 Å². The summed E-state index contributed by atoms with van der Waals surface area (Å²) >= 11 is 0. The van der Waals surface area contributed by atoms with Gasteiger partial charge in [0.25, 0.3) is 0 Å². The first-order valence-corrected chi connectivity index (χ1v) is 9.75. The molecule has 29 heavy (non-hydrogen) atoms. The van der Waals surface area contributed by atoms with Crippen molar-refractivity contribution in [1.29, 1.82) is 0 Å². The van der Waals surface area contributed by atoms with Gasteiger partial charge >= 0.3 is 0 Å². The van der Waals surface area contributed by atoms with E-state index in [4.69, 9.17) is 0 Å². The van der Waals surface area contributed by atoms with Gasteiger partial charge in [0.1, 0.15) is 5.82 Å². The minimum atomic E-state index is -0.220. The fourth-order valence-electron chi connectivity index (χ4n) is 4.01. The standard InChI is InChI=1S/C24H21FN4/c1-28-13-14-29(19-9-8-17-5-2-3-6-18(17)15-19)23-11-10-20(24(25)21(23)16-28)22-7-4-12-26-27-22/h2-12,15H,13-14,16H2,1H3. The summed E-state index contributed by atoms with van der Waals surface area (Å²) in [5.74, 6) is -0.220. The first-order valence-electron chi connectivity index (χ1n) is 9.75. The summed E-state index contributed by atoms with van der Waals surface area (Å²) in [4.78, 5) is 4.37. The molecule has 3 aromatic carbocycles. The lowest BCUT2D eigenvalue weighted by Crippen LogP contribution is -2.26. The van der Waals surface area contributed by atoms with Crippen molar-refractivity contribution in [3.05, 3.63) is 84.3 Å². The number of fused-ring (bicyclic) bond motifs is 2. The highest BCUT2D eigenvalue weighted by Gasteiger charge is 2.24. The van der Waals surface area contributed by atoms with E-state index in [2.05, 4.69) is 50.3 Å². The normalized spacial score (nSPS) is 14.6. The van der Waals surface area contributed by atoms with E-state index < -0.39 is 0 Å². The van der Waals surface area contributed by atoms with Gasteiger partial charge in [0.2, 0.25) is 0 Å². The van der Waals surface area contributed by atoms with Gasteiger partial charge in [-0.05, 0) is 54.2 Å². The third-order valence-electron chi connectivity index (χ3n) is 5.54. The van der Waals surface area contributed by atoms with Crippen LogP contribution in [0.4, 0.5) is 15.8 Å². The summed E-state index contributed by atoms with van der Waals surface area (Å²) in [6, 6.07) is 22.1. The largest absolute Gasteiger partial charge is 0.340 e. The number of likely N-dealkylation sites (N-methyl/N-ethyl adjacent to an activating group) is 1. The molecular formula is C24H21FN4. The number of hydrogen-bond donors (Lipinski definition) is 0.